The van der Waals surface area contributed by atoms with Crippen molar-refractivity contribution in [2.24, 2.45) is 0 Å². The van der Waals surface area contributed by atoms with Gasteiger partial charge >= 0.3 is 0 Å². The Balaban J connectivity index is 1.83. The van der Waals surface area contributed by atoms with Crippen LogP contribution in [-0.4, -0.2) is 53.0 Å². The van der Waals surface area contributed by atoms with Gasteiger partial charge in [-0.05, 0) is 42.8 Å². The summed E-state index contributed by atoms with van der Waals surface area (Å²) in [6.07, 6.45) is 0. The van der Waals surface area contributed by atoms with E-state index < -0.39 is 15.9 Å². The predicted octanol–water partition coefficient (Wildman–Crippen LogP) is 2.21. The molecule has 29 heavy (non-hydrogen) atoms. The fraction of sp³-hybridized carbons (Fsp3) is 0.350. The van der Waals surface area contributed by atoms with Crippen LogP contribution in [0.3, 0.4) is 0 Å². The van der Waals surface area contributed by atoms with Gasteiger partial charge in [0.15, 0.2) is 11.5 Å². The Bertz CT molecular complexity index is 1020. The van der Waals surface area contributed by atoms with Crippen LogP contribution in [0.5, 0.6) is 17.2 Å². The van der Waals surface area contributed by atoms with E-state index in [0.29, 0.717) is 24.7 Å². The van der Waals surface area contributed by atoms with Crippen molar-refractivity contribution in [2.45, 2.75) is 17.9 Å². The van der Waals surface area contributed by atoms with Crippen LogP contribution < -0.4 is 19.5 Å². The van der Waals surface area contributed by atoms with Gasteiger partial charge in [0, 0.05) is 19.7 Å². The molecule has 0 saturated heterocycles. The first kappa shape index (κ1) is 20.9. The monoisotopic (exact) mass is 420 g/mol. The highest BCUT2D eigenvalue weighted by Crippen LogP contribution is 2.33. The van der Waals surface area contributed by atoms with Crippen LogP contribution in [0.25, 0.3) is 0 Å². The first-order valence-corrected chi connectivity index (χ1v) is 10.5. The minimum absolute atomic E-state index is 0.0652. The van der Waals surface area contributed by atoms with Crippen molar-refractivity contribution in [3.63, 3.8) is 0 Å². The van der Waals surface area contributed by atoms with E-state index in [1.165, 1.54) is 39.4 Å². The Morgan fingerprint density at radius 1 is 1.10 bits per heavy atom. The Kier molecular flexibility index (Phi) is 5.99. The van der Waals surface area contributed by atoms with Gasteiger partial charge in [-0.25, -0.2) is 12.7 Å². The Morgan fingerprint density at radius 2 is 1.79 bits per heavy atom. The second-order valence-electron chi connectivity index (χ2n) is 6.75. The van der Waals surface area contributed by atoms with E-state index in [0.717, 1.165) is 9.87 Å². The highest BCUT2D eigenvalue weighted by atomic mass is 32.2. The summed E-state index contributed by atoms with van der Waals surface area (Å²) >= 11 is 0. The van der Waals surface area contributed by atoms with Crippen molar-refractivity contribution in [3.8, 4) is 17.2 Å². The van der Waals surface area contributed by atoms with Crippen molar-refractivity contribution in [2.75, 3.05) is 34.4 Å². The summed E-state index contributed by atoms with van der Waals surface area (Å²) in [5, 5.41) is 2.88. The predicted molar refractivity (Wildman–Crippen MR) is 107 cm³/mol. The molecule has 0 radical (unpaired) electrons. The van der Waals surface area contributed by atoms with E-state index in [4.69, 9.17) is 14.2 Å². The van der Waals surface area contributed by atoms with Crippen LogP contribution >= 0.6 is 0 Å². The van der Waals surface area contributed by atoms with Crippen LogP contribution in [0.15, 0.2) is 41.3 Å². The zero-order valence-corrected chi connectivity index (χ0v) is 17.6. The summed E-state index contributed by atoms with van der Waals surface area (Å²) in [7, 11) is 0.458. The maximum atomic E-state index is 12.7. The average molecular weight is 420 g/mol. The van der Waals surface area contributed by atoms with Gasteiger partial charge in [-0.3, -0.25) is 4.79 Å². The smallest absolute Gasteiger partial charge is 0.251 e. The molecular weight excluding hydrogens is 396 g/mol. The van der Waals surface area contributed by atoms with E-state index in [1.54, 1.807) is 0 Å². The molecule has 0 fully saturated rings. The molecule has 9 heteroatoms. The van der Waals surface area contributed by atoms with Crippen molar-refractivity contribution in [1.29, 1.82) is 0 Å². The van der Waals surface area contributed by atoms with E-state index >= 15 is 0 Å². The molecule has 0 aromatic heterocycles. The molecule has 8 nitrogen and oxygen atoms in total. The maximum absolute atomic E-state index is 12.7. The molecule has 0 aliphatic carbocycles. The van der Waals surface area contributed by atoms with Crippen molar-refractivity contribution >= 4 is 15.9 Å². The van der Waals surface area contributed by atoms with Crippen LogP contribution in [0.4, 0.5) is 0 Å². The third-order valence-electron chi connectivity index (χ3n) is 4.60. The number of benzene rings is 2. The van der Waals surface area contributed by atoms with Crippen molar-refractivity contribution in [3.05, 3.63) is 47.5 Å². The molecule has 1 unspecified atom stereocenters. The average Bonchev–Trinajstić information content (AvgIpc) is 2.72. The normalized spacial score (nSPS) is 14.4. The van der Waals surface area contributed by atoms with Crippen LogP contribution in [-0.2, 0) is 10.0 Å². The lowest BCUT2D eigenvalue weighted by Crippen LogP contribution is -2.28. The van der Waals surface area contributed by atoms with E-state index in [9.17, 15) is 13.2 Å². The standard InChI is InChI=1S/C20H24N2O6S/c1-13(14-5-7-16-18(11-14)28-10-9-27-16)21-20(23)15-6-8-17(26-4)19(12-15)29(24,25)22(2)3/h5-8,11-13H,9-10H2,1-4H3,(H,21,23). The zero-order valence-electron chi connectivity index (χ0n) is 16.8. The van der Waals surface area contributed by atoms with Gasteiger partial charge in [0.1, 0.15) is 23.9 Å². The number of hydrogen-bond acceptors (Lipinski definition) is 6. The molecule has 2 aromatic rings. The summed E-state index contributed by atoms with van der Waals surface area (Å²) in [5.74, 6) is 1.09. The number of nitrogens with zero attached hydrogens (tertiary/aromatic N) is 1. The van der Waals surface area contributed by atoms with Crippen LogP contribution in [0.2, 0.25) is 0 Å². The number of carbonyl (C=O) groups excluding carboxylic acids is 1. The summed E-state index contributed by atoms with van der Waals surface area (Å²) in [6.45, 7) is 2.82. The summed E-state index contributed by atoms with van der Waals surface area (Å²) in [6, 6.07) is 9.49. The molecule has 1 aliphatic heterocycles. The number of sulfonamides is 1. The molecule has 1 heterocycles. The topological polar surface area (TPSA) is 94.2 Å². The number of carbonyl (C=O) groups is 1. The molecule has 156 valence electrons. The third-order valence-corrected chi connectivity index (χ3v) is 6.43. The number of amides is 1. The number of ether oxygens (including phenoxy) is 3. The first-order valence-electron chi connectivity index (χ1n) is 9.05. The molecule has 3 rings (SSSR count). The van der Waals surface area contributed by atoms with Gasteiger partial charge < -0.3 is 19.5 Å². The first-order chi connectivity index (χ1) is 13.7. The van der Waals surface area contributed by atoms with Crippen LogP contribution in [0.1, 0.15) is 28.9 Å². The molecule has 1 N–H and O–H groups in total. The molecule has 0 saturated carbocycles. The lowest BCUT2D eigenvalue weighted by atomic mass is 10.1. The fourth-order valence-electron chi connectivity index (χ4n) is 2.91. The Labute approximate surface area is 170 Å². The van der Waals surface area contributed by atoms with Gasteiger partial charge in [0.25, 0.3) is 5.91 Å². The van der Waals surface area contributed by atoms with Crippen molar-refractivity contribution < 1.29 is 27.4 Å². The van der Waals surface area contributed by atoms with Gasteiger partial charge in [0.05, 0.1) is 13.2 Å². The summed E-state index contributed by atoms with van der Waals surface area (Å²) in [5.41, 5.74) is 1.06. The molecular formula is C20H24N2O6S. The number of hydrogen-bond donors (Lipinski definition) is 1. The molecule has 1 amide bonds. The minimum atomic E-state index is -3.77. The fourth-order valence-corrected chi connectivity index (χ4v) is 3.98. The number of rotatable bonds is 6. The zero-order chi connectivity index (χ0) is 21.2. The second kappa shape index (κ2) is 8.30. The third kappa shape index (κ3) is 4.30. The highest BCUT2D eigenvalue weighted by molar-refractivity contribution is 7.89. The SMILES string of the molecule is COc1ccc(C(=O)NC(C)c2ccc3c(c2)OCCO3)cc1S(=O)(=O)N(C)C. The Morgan fingerprint density at radius 3 is 2.45 bits per heavy atom. The van der Waals surface area contributed by atoms with Gasteiger partial charge in [-0.15, -0.1) is 0 Å². The van der Waals surface area contributed by atoms with Gasteiger partial charge in [-0.1, -0.05) is 6.07 Å². The van der Waals surface area contributed by atoms with E-state index in [-0.39, 0.29) is 22.3 Å². The van der Waals surface area contributed by atoms with E-state index in [1.807, 2.05) is 25.1 Å². The van der Waals surface area contributed by atoms with Gasteiger partial charge in [-0.2, -0.15) is 0 Å². The molecule has 2 aromatic carbocycles. The largest absolute Gasteiger partial charge is 0.495 e. The Hall–Kier alpha value is -2.78. The summed E-state index contributed by atoms with van der Waals surface area (Å²) < 4.78 is 42.4. The van der Waals surface area contributed by atoms with E-state index in [2.05, 4.69) is 5.32 Å². The molecule has 0 spiro atoms. The van der Waals surface area contributed by atoms with Crippen molar-refractivity contribution in [1.82, 2.24) is 9.62 Å². The second-order valence-corrected chi connectivity index (χ2v) is 8.87. The summed E-state index contributed by atoms with van der Waals surface area (Å²) in [4.78, 5) is 12.7. The van der Waals surface area contributed by atoms with Gasteiger partial charge in [0.2, 0.25) is 10.0 Å². The number of methoxy groups -OCH3 is 1. The molecule has 1 atom stereocenters. The number of fused-ring (bicyclic) bond motifs is 1. The molecule has 1 aliphatic rings. The van der Waals surface area contributed by atoms with Crippen LogP contribution in [0, 0.1) is 0 Å². The lowest BCUT2D eigenvalue weighted by Gasteiger charge is -2.21. The molecule has 0 bridgehead atoms. The highest BCUT2D eigenvalue weighted by Gasteiger charge is 2.24. The lowest BCUT2D eigenvalue weighted by molar-refractivity contribution is 0.0939. The maximum Gasteiger partial charge on any atom is 0.251 e. The number of nitrogens with one attached hydrogen (secondary N) is 1. The quantitative estimate of drug-likeness (QED) is 0.770. The minimum Gasteiger partial charge on any atom is -0.495 e.